The molecule has 0 aromatic rings. The largest absolute Gasteiger partial charge is 0.386 e. The van der Waals surface area contributed by atoms with E-state index in [4.69, 9.17) is 0 Å². The minimum absolute atomic E-state index is 0.0198. The molecule has 0 fully saturated rings. The number of hydrogen-bond donors (Lipinski definition) is 3. The van der Waals surface area contributed by atoms with Gasteiger partial charge in [-0.3, -0.25) is 4.79 Å². The number of amides is 1. The Labute approximate surface area is 218 Å². The van der Waals surface area contributed by atoms with Crippen molar-refractivity contribution < 1.29 is 15.0 Å². The van der Waals surface area contributed by atoms with Crippen LogP contribution < -0.4 is 5.32 Å². The van der Waals surface area contributed by atoms with Gasteiger partial charge in [0.15, 0.2) is 0 Å². The Hall–Kier alpha value is -2.95. The van der Waals surface area contributed by atoms with E-state index in [2.05, 4.69) is 25.2 Å². The molecule has 0 saturated heterocycles. The minimum atomic E-state index is -1.40. The second kappa shape index (κ2) is 15.9. The van der Waals surface area contributed by atoms with Crippen LogP contribution in [-0.4, -0.2) is 33.9 Å². The molecule has 4 heteroatoms. The van der Waals surface area contributed by atoms with Gasteiger partial charge in [0.1, 0.15) is 11.7 Å². The van der Waals surface area contributed by atoms with Crippen LogP contribution in [0.1, 0.15) is 61.3 Å². The first-order chi connectivity index (χ1) is 16.9. The fraction of sp³-hybridized carbons (Fsp3) is 0.406. The van der Waals surface area contributed by atoms with Crippen molar-refractivity contribution in [3.63, 3.8) is 0 Å². The molecule has 0 radical (unpaired) electrons. The molecule has 3 unspecified atom stereocenters. The van der Waals surface area contributed by atoms with Gasteiger partial charge < -0.3 is 15.5 Å². The van der Waals surface area contributed by atoms with Crippen molar-refractivity contribution >= 4 is 5.91 Å². The zero-order valence-electron chi connectivity index (χ0n) is 23.0. The molecule has 1 heterocycles. The highest BCUT2D eigenvalue weighted by Crippen LogP contribution is 2.16. The maximum atomic E-state index is 13.0. The van der Waals surface area contributed by atoms with Crippen LogP contribution in [0.25, 0.3) is 0 Å². The van der Waals surface area contributed by atoms with Crippen molar-refractivity contribution in [2.75, 3.05) is 0 Å². The van der Waals surface area contributed by atoms with E-state index >= 15 is 0 Å². The summed E-state index contributed by atoms with van der Waals surface area (Å²) < 4.78 is 0. The van der Waals surface area contributed by atoms with Crippen LogP contribution in [0.4, 0.5) is 0 Å². The van der Waals surface area contributed by atoms with Crippen molar-refractivity contribution in [2.45, 2.75) is 79.1 Å². The number of carbonyl (C=O) groups is 1. The third-order valence-electron chi connectivity index (χ3n) is 5.59. The predicted molar refractivity (Wildman–Crippen MR) is 153 cm³/mol. The lowest BCUT2D eigenvalue weighted by Gasteiger charge is -2.22. The fourth-order valence-electron chi connectivity index (χ4n) is 3.39. The quantitative estimate of drug-likeness (QED) is 0.408. The normalized spacial score (nSPS) is 25.6. The van der Waals surface area contributed by atoms with Crippen LogP contribution in [0, 0.1) is 5.92 Å². The lowest BCUT2D eigenvalue weighted by atomic mass is 9.98. The van der Waals surface area contributed by atoms with E-state index < -0.39 is 11.7 Å². The molecule has 1 aliphatic heterocycles. The smallest absolute Gasteiger partial charge is 0.247 e. The Morgan fingerprint density at radius 1 is 0.972 bits per heavy atom. The van der Waals surface area contributed by atoms with Gasteiger partial charge in [-0.1, -0.05) is 116 Å². The summed E-state index contributed by atoms with van der Waals surface area (Å²) in [6.45, 7) is 13.8. The van der Waals surface area contributed by atoms with Crippen molar-refractivity contribution in [1.29, 1.82) is 0 Å². The molecule has 196 valence electrons. The molecule has 1 amide bonds. The van der Waals surface area contributed by atoms with Crippen molar-refractivity contribution in [3.05, 3.63) is 107 Å². The first-order valence-electron chi connectivity index (χ1n) is 12.7. The standard InChI is InChI=1S/C32H45NO3/c1-24(2)22-29-23-27(5)15-9-8-12-21-32(7,36)30(34)18-11-10-14-25(3)16-13-17-26(4)19-20-28(6)33-31(29)35/h8-19,21,23-24,28,30,34,36H,20,22H2,1-7H3,(H,33,35). The van der Waals surface area contributed by atoms with Gasteiger partial charge in [-0.15, -0.1) is 0 Å². The van der Waals surface area contributed by atoms with Gasteiger partial charge in [-0.25, -0.2) is 0 Å². The second-order valence-electron chi connectivity index (χ2n) is 10.2. The molecule has 36 heavy (non-hydrogen) atoms. The molecular weight excluding hydrogens is 446 g/mol. The van der Waals surface area contributed by atoms with Crippen LogP contribution in [0.2, 0.25) is 0 Å². The average Bonchev–Trinajstić information content (AvgIpc) is 2.78. The Morgan fingerprint density at radius 3 is 2.33 bits per heavy atom. The van der Waals surface area contributed by atoms with E-state index in [1.807, 2.05) is 76.3 Å². The van der Waals surface area contributed by atoms with Crippen molar-refractivity contribution in [3.8, 4) is 0 Å². The van der Waals surface area contributed by atoms with E-state index in [0.29, 0.717) is 12.3 Å². The predicted octanol–water partition coefficient (Wildman–Crippen LogP) is 6.60. The Balaban J connectivity index is 3.28. The van der Waals surface area contributed by atoms with E-state index in [1.165, 1.54) is 0 Å². The number of aliphatic hydroxyl groups is 2. The van der Waals surface area contributed by atoms with Crippen LogP contribution in [0.5, 0.6) is 0 Å². The summed E-state index contributed by atoms with van der Waals surface area (Å²) in [6.07, 6.45) is 26.4. The van der Waals surface area contributed by atoms with E-state index in [9.17, 15) is 15.0 Å². The maximum absolute atomic E-state index is 13.0. The number of rotatable bonds is 2. The highest BCUT2D eigenvalue weighted by molar-refractivity contribution is 5.94. The summed E-state index contributed by atoms with van der Waals surface area (Å²) in [5.74, 6) is 0.323. The van der Waals surface area contributed by atoms with Gasteiger partial charge in [0.05, 0.1) is 0 Å². The molecule has 3 N–H and O–H groups in total. The zero-order chi connectivity index (χ0) is 27.1. The second-order valence-corrected chi connectivity index (χ2v) is 10.2. The SMILES string of the molecule is CC1=CC=CC(C)=CCC(C)NC(=O)C(CC(C)C)=CC(C)=CC=CC=CC(C)(O)C(O)C=CC=C1. The summed E-state index contributed by atoms with van der Waals surface area (Å²) in [5, 5.41) is 24.1. The summed E-state index contributed by atoms with van der Waals surface area (Å²) in [6, 6.07) is 0.0198. The molecule has 4 nitrogen and oxygen atoms in total. The number of carbonyl (C=O) groups excluding carboxylic acids is 1. The topological polar surface area (TPSA) is 69.6 Å². The molecular formula is C32H45NO3. The van der Waals surface area contributed by atoms with Crippen LogP contribution in [0.15, 0.2) is 107 Å². The number of nitrogens with one attached hydrogen (secondary N) is 1. The molecule has 1 aliphatic rings. The molecule has 1 rings (SSSR count). The van der Waals surface area contributed by atoms with E-state index in [-0.39, 0.29) is 11.9 Å². The minimum Gasteiger partial charge on any atom is -0.386 e. The molecule has 0 saturated carbocycles. The molecule has 3 atom stereocenters. The monoisotopic (exact) mass is 491 g/mol. The first kappa shape index (κ1) is 31.1. The Kier molecular flexibility index (Phi) is 13.7. The average molecular weight is 492 g/mol. The van der Waals surface area contributed by atoms with Crippen LogP contribution >= 0.6 is 0 Å². The van der Waals surface area contributed by atoms with Crippen molar-refractivity contribution in [1.82, 2.24) is 5.32 Å². The highest BCUT2D eigenvalue weighted by atomic mass is 16.3. The zero-order valence-corrected chi connectivity index (χ0v) is 23.0. The third-order valence-corrected chi connectivity index (χ3v) is 5.59. The summed E-state index contributed by atoms with van der Waals surface area (Å²) in [4.78, 5) is 13.0. The van der Waals surface area contributed by atoms with E-state index in [1.54, 1.807) is 37.3 Å². The van der Waals surface area contributed by atoms with Gasteiger partial charge in [0.25, 0.3) is 0 Å². The fourth-order valence-corrected chi connectivity index (χ4v) is 3.39. The Morgan fingerprint density at radius 2 is 1.64 bits per heavy atom. The van der Waals surface area contributed by atoms with Gasteiger partial charge in [-0.05, 0) is 53.4 Å². The number of hydrogen-bond acceptors (Lipinski definition) is 3. The number of allylic oxidation sites excluding steroid dienone is 14. The van der Waals surface area contributed by atoms with Crippen LogP contribution in [0.3, 0.4) is 0 Å². The molecule has 0 bridgehead atoms. The summed E-state index contributed by atoms with van der Waals surface area (Å²) in [5.41, 5.74) is 2.49. The first-order valence-corrected chi connectivity index (χ1v) is 12.7. The van der Waals surface area contributed by atoms with Gasteiger partial charge in [0.2, 0.25) is 5.91 Å². The van der Waals surface area contributed by atoms with Gasteiger partial charge in [-0.2, -0.15) is 0 Å². The molecule has 0 aromatic heterocycles. The maximum Gasteiger partial charge on any atom is 0.247 e. The highest BCUT2D eigenvalue weighted by Gasteiger charge is 2.24. The Bertz CT molecular complexity index is 994. The molecule has 0 aromatic carbocycles. The summed E-state index contributed by atoms with van der Waals surface area (Å²) in [7, 11) is 0. The summed E-state index contributed by atoms with van der Waals surface area (Å²) >= 11 is 0. The molecule has 0 spiro atoms. The lowest BCUT2D eigenvalue weighted by Crippen LogP contribution is -2.35. The lowest BCUT2D eigenvalue weighted by molar-refractivity contribution is -0.118. The molecule has 0 aliphatic carbocycles. The van der Waals surface area contributed by atoms with E-state index in [0.717, 1.165) is 28.7 Å². The van der Waals surface area contributed by atoms with Crippen LogP contribution in [-0.2, 0) is 4.79 Å². The van der Waals surface area contributed by atoms with Crippen molar-refractivity contribution in [2.24, 2.45) is 5.92 Å². The van der Waals surface area contributed by atoms with Gasteiger partial charge >= 0.3 is 0 Å². The third kappa shape index (κ3) is 13.2. The number of aliphatic hydroxyl groups excluding tert-OH is 1. The van der Waals surface area contributed by atoms with Gasteiger partial charge in [0, 0.05) is 11.6 Å².